The highest BCUT2D eigenvalue weighted by Gasteiger charge is 2.14. The number of rotatable bonds is 5. The number of carbonyl (C=O) groups excluding carboxylic acids is 2. The Hall–Kier alpha value is -2.60. The fraction of sp³-hybridized carbons (Fsp3) is 0.176. The Kier molecular flexibility index (Phi) is 5.76. The van der Waals surface area contributed by atoms with E-state index >= 15 is 0 Å². The first kappa shape index (κ1) is 17.7. The average Bonchev–Trinajstić information content (AvgIpc) is 2.49. The number of benzene rings is 2. The molecule has 1 atom stereocenters. The molecule has 0 aliphatic rings. The van der Waals surface area contributed by atoms with Crippen LogP contribution in [0.2, 0.25) is 5.02 Å². The Morgan fingerprint density at radius 1 is 1.08 bits per heavy atom. The van der Waals surface area contributed by atoms with Crippen LogP contribution in [-0.2, 0) is 9.59 Å². The SMILES string of the molecule is CC(=O)Nc1cccc(NC(C)C(=O)Nc2ccc(F)cc2Cl)c1. The molecule has 0 heterocycles. The molecule has 0 fully saturated rings. The number of nitrogens with one attached hydrogen (secondary N) is 3. The number of amides is 2. The summed E-state index contributed by atoms with van der Waals surface area (Å²) in [6.45, 7) is 3.10. The molecule has 0 aliphatic heterocycles. The molecule has 2 rings (SSSR count). The Labute approximate surface area is 144 Å². The highest BCUT2D eigenvalue weighted by Crippen LogP contribution is 2.23. The van der Waals surface area contributed by atoms with Crippen molar-refractivity contribution in [2.75, 3.05) is 16.0 Å². The third-order valence-corrected chi connectivity index (χ3v) is 3.46. The summed E-state index contributed by atoms with van der Waals surface area (Å²) in [7, 11) is 0. The first-order valence-electron chi connectivity index (χ1n) is 7.25. The Balaban J connectivity index is 2.02. The van der Waals surface area contributed by atoms with Gasteiger partial charge in [0.25, 0.3) is 0 Å². The number of carbonyl (C=O) groups is 2. The first-order valence-corrected chi connectivity index (χ1v) is 7.63. The molecule has 2 aromatic carbocycles. The lowest BCUT2D eigenvalue weighted by Crippen LogP contribution is -2.32. The second-order valence-electron chi connectivity index (χ2n) is 5.24. The molecule has 126 valence electrons. The van der Waals surface area contributed by atoms with Crippen molar-refractivity contribution in [3.63, 3.8) is 0 Å². The minimum atomic E-state index is -0.571. The van der Waals surface area contributed by atoms with Crippen molar-refractivity contribution in [3.05, 3.63) is 53.3 Å². The van der Waals surface area contributed by atoms with Crippen LogP contribution < -0.4 is 16.0 Å². The van der Waals surface area contributed by atoms with Gasteiger partial charge in [0.05, 0.1) is 10.7 Å². The summed E-state index contributed by atoms with van der Waals surface area (Å²) in [6.07, 6.45) is 0. The van der Waals surface area contributed by atoms with Gasteiger partial charge < -0.3 is 16.0 Å². The van der Waals surface area contributed by atoms with E-state index in [9.17, 15) is 14.0 Å². The van der Waals surface area contributed by atoms with Gasteiger partial charge in [-0.2, -0.15) is 0 Å². The van der Waals surface area contributed by atoms with Crippen LogP contribution in [0.15, 0.2) is 42.5 Å². The van der Waals surface area contributed by atoms with Crippen LogP contribution in [0.4, 0.5) is 21.5 Å². The van der Waals surface area contributed by atoms with Crippen molar-refractivity contribution in [3.8, 4) is 0 Å². The van der Waals surface area contributed by atoms with E-state index in [1.54, 1.807) is 31.2 Å². The van der Waals surface area contributed by atoms with Crippen LogP contribution in [-0.4, -0.2) is 17.9 Å². The van der Waals surface area contributed by atoms with Gasteiger partial charge in [0, 0.05) is 18.3 Å². The molecule has 2 amide bonds. The van der Waals surface area contributed by atoms with Crippen molar-refractivity contribution in [2.45, 2.75) is 19.9 Å². The van der Waals surface area contributed by atoms with E-state index in [-0.39, 0.29) is 16.8 Å². The largest absolute Gasteiger partial charge is 0.374 e. The zero-order valence-corrected chi connectivity index (χ0v) is 13.9. The Morgan fingerprint density at radius 2 is 1.79 bits per heavy atom. The standard InChI is InChI=1S/C17H17ClFN3O2/c1-10(17(24)22-16-7-6-12(19)8-15(16)18)20-13-4-3-5-14(9-13)21-11(2)23/h3-10,20H,1-2H3,(H,21,23)(H,22,24). The summed E-state index contributed by atoms with van der Waals surface area (Å²) in [5.41, 5.74) is 1.64. The maximum Gasteiger partial charge on any atom is 0.246 e. The van der Waals surface area contributed by atoms with E-state index < -0.39 is 11.9 Å². The number of anilines is 3. The molecule has 1 unspecified atom stereocenters. The van der Waals surface area contributed by atoms with Crippen LogP contribution in [0.5, 0.6) is 0 Å². The zero-order chi connectivity index (χ0) is 17.7. The van der Waals surface area contributed by atoms with Crippen molar-refractivity contribution >= 4 is 40.5 Å². The molecule has 24 heavy (non-hydrogen) atoms. The molecule has 0 bridgehead atoms. The number of hydrogen-bond acceptors (Lipinski definition) is 3. The number of hydrogen-bond donors (Lipinski definition) is 3. The fourth-order valence-corrected chi connectivity index (χ4v) is 2.25. The number of halogens is 2. The van der Waals surface area contributed by atoms with Gasteiger partial charge in [-0.1, -0.05) is 17.7 Å². The maximum absolute atomic E-state index is 13.0. The van der Waals surface area contributed by atoms with Gasteiger partial charge in [0.2, 0.25) is 11.8 Å². The fourth-order valence-electron chi connectivity index (χ4n) is 2.04. The van der Waals surface area contributed by atoms with Gasteiger partial charge in [-0.25, -0.2) is 4.39 Å². The lowest BCUT2D eigenvalue weighted by atomic mass is 10.2. The summed E-state index contributed by atoms with van der Waals surface area (Å²) in [6, 6.07) is 10.2. The van der Waals surface area contributed by atoms with Crippen LogP contribution in [0.1, 0.15) is 13.8 Å². The van der Waals surface area contributed by atoms with E-state index in [2.05, 4.69) is 16.0 Å². The maximum atomic E-state index is 13.0. The van der Waals surface area contributed by atoms with Crippen LogP contribution in [0.25, 0.3) is 0 Å². The monoisotopic (exact) mass is 349 g/mol. The topological polar surface area (TPSA) is 70.2 Å². The van der Waals surface area contributed by atoms with Gasteiger partial charge in [0.1, 0.15) is 11.9 Å². The molecule has 0 radical (unpaired) electrons. The second-order valence-corrected chi connectivity index (χ2v) is 5.65. The van der Waals surface area contributed by atoms with Gasteiger partial charge >= 0.3 is 0 Å². The molecule has 0 aromatic heterocycles. The van der Waals surface area contributed by atoms with Crippen LogP contribution >= 0.6 is 11.6 Å². The van der Waals surface area contributed by atoms with E-state index in [1.807, 2.05) is 0 Å². The molecule has 0 saturated heterocycles. The molecule has 0 spiro atoms. The summed E-state index contributed by atoms with van der Waals surface area (Å²) in [5, 5.41) is 8.46. The molecule has 5 nitrogen and oxygen atoms in total. The lowest BCUT2D eigenvalue weighted by Gasteiger charge is -2.16. The minimum Gasteiger partial charge on any atom is -0.374 e. The highest BCUT2D eigenvalue weighted by atomic mass is 35.5. The average molecular weight is 350 g/mol. The molecule has 2 aromatic rings. The molecule has 7 heteroatoms. The van der Waals surface area contributed by atoms with E-state index in [0.29, 0.717) is 17.1 Å². The third-order valence-electron chi connectivity index (χ3n) is 3.15. The van der Waals surface area contributed by atoms with Gasteiger partial charge in [0.15, 0.2) is 0 Å². The van der Waals surface area contributed by atoms with Crippen molar-refractivity contribution < 1.29 is 14.0 Å². The van der Waals surface area contributed by atoms with E-state index in [0.717, 1.165) is 6.07 Å². The quantitative estimate of drug-likeness (QED) is 0.767. The summed E-state index contributed by atoms with van der Waals surface area (Å²) in [4.78, 5) is 23.3. The summed E-state index contributed by atoms with van der Waals surface area (Å²) in [5.74, 6) is -0.976. The van der Waals surface area contributed by atoms with Crippen LogP contribution in [0.3, 0.4) is 0 Å². The third kappa shape index (κ3) is 4.96. The van der Waals surface area contributed by atoms with Gasteiger partial charge in [-0.05, 0) is 43.3 Å². The predicted octanol–water partition coefficient (Wildman–Crippen LogP) is 3.88. The van der Waals surface area contributed by atoms with Crippen LogP contribution in [0, 0.1) is 5.82 Å². The van der Waals surface area contributed by atoms with Crippen molar-refractivity contribution in [1.82, 2.24) is 0 Å². The molecule has 0 aliphatic carbocycles. The van der Waals surface area contributed by atoms with Gasteiger partial charge in [-0.15, -0.1) is 0 Å². The summed E-state index contributed by atoms with van der Waals surface area (Å²) < 4.78 is 13.0. The Bertz CT molecular complexity index is 767. The molecule has 3 N–H and O–H groups in total. The predicted molar refractivity (Wildman–Crippen MR) is 93.9 cm³/mol. The molecular formula is C17H17ClFN3O2. The molecular weight excluding hydrogens is 333 g/mol. The van der Waals surface area contributed by atoms with Crippen molar-refractivity contribution in [2.24, 2.45) is 0 Å². The molecule has 0 saturated carbocycles. The smallest absolute Gasteiger partial charge is 0.246 e. The van der Waals surface area contributed by atoms with Gasteiger partial charge in [-0.3, -0.25) is 9.59 Å². The Morgan fingerprint density at radius 3 is 2.46 bits per heavy atom. The zero-order valence-electron chi connectivity index (χ0n) is 13.2. The lowest BCUT2D eigenvalue weighted by molar-refractivity contribution is -0.116. The van der Waals surface area contributed by atoms with E-state index in [4.69, 9.17) is 11.6 Å². The highest BCUT2D eigenvalue weighted by molar-refractivity contribution is 6.33. The van der Waals surface area contributed by atoms with Crippen molar-refractivity contribution in [1.29, 1.82) is 0 Å². The first-order chi connectivity index (χ1) is 11.3. The van der Waals surface area contributed by atoms with E-state index in [1.165, 1.54) is 19.1 Å². The normalized spacial score (nSPS) is 11.5. The summed E-state index contributed by atoms with van der Waals surface area (Å²) >= 11 is 5.89. The second kappa shape index (κ2) is 7.79. The minimum absolute atomic E-state index is 0.128.